The van der Waals surface area contributed by atoms with Crippen LogP contribution in [0, 0.1) is 11.3 Å². The van der Waals surface area contributed by atoms with Gasteiger partial charge < -0.3 is 24.6 Å². The average Bonchev–Trinajstić information content (AvgIpc) is 2.84. The highest BCUT2D eigenvalue weighted by Crippen LogP contribution is 2.20. The zero-order valence-electron chi connectivity index (χ0n) is 19.0. The van der Waals surface area contributed by atoms with E-state index in [9.17, 15) is 10.1 Å². The number of benzene rings is 1. The van der Waals surface area contributed by atoms with Crippen molar-refractivity contribution in [3.63, 3.8) is 0 Å². The monoisotopic (exact) mass is 437 g/mol. The van der Waals surface area contributed by atoms with Crippen molar-refractivity contribution in [1.82, 2.24) is 15.2 Å². The topological polar surface area (TPSA) is 90.7 Å². The molecule has 1 fully saturated rings. The number of likely N-dealkylation sites (tertiary alicyclic amines) is 1. The minimum atomic E-state index is -0.145. The van der Waals surface area contributed by atoms with E-state index in [4.69, 9.17) is 9.47 Å². The lowest BCUT2D eigenvalue weighted by molar-refractivity contribution is 0.00629. The van der Waals surface area contributed by atoms with Gasteiger partial charge in [0, 0.05) is 40.0 Å². The number of rotatable bonds is 9. The highest BCUT2D eigenvalue weighted by atomic mass is 16.5. The number of hydrogen-bond acceptors (Lipinski definition) is 7. The minimum Gasteiger partial charge on any atom is -0.496 e. The molecule has 8 nitrogen and oxygen atoms in total. The molecule has 1 aliphatic rings. The molecule has 0 radical (unpaired) electrons. The molecule has 2 unspecified atom stereocenters. The second-order valence-electron chi connectivity index (χ2n) is 7.91. The predicted octanol–water partition coefficient (Wildman–Crippen LogP) is 2.31. The second-order valence-corrected chi connectivity index (χ2v) is 7.91. The van der Waals surface area contributed by atoms with Crippen LogP contribution in [0.3, 0.4) is 0 Å². The Balaban J connectivity index is 1.50. The Kier molecular flexibility index (Phi) is 8.42. The van der Waals surface area contributed by atoms with Gasteiger partial charge >= 0.3 is 0 Å². The van der Waals surface area contributed by atoms with E-state index in [2.05, 4.69) is 21.3 Å². The number of para-hydroxylation sites is 1. The van der Waals surface area contributed by atoms with Gasteiger partial charge in [-0.3, -0.25) is 4.79 Å². The van der Waals surface area contributed by atoms with Crippen LogP contribution in [0.4, 0.5) is 5.82 Å². The van der Waals surface area contributed by atoms with E-state index in [1.54, 1.807) is 44.7 Å². The van der Waals surface area contributed by atoms with Crippen LogP contribution >= 0.6 is 0 Å². The predicted molar refractivity (Wildman–Crippen MR) is 123 cm³/mol. The first kappa shape index (κ1) is 23.5. The number of carbonyl (C=O) groups is 1. The number of pyridine rings is 1. The Labute approximate surface area is 189 Å². The third-order valence-corrected chi connectivity index (χ3v) is 5.85. The van der Waals surface area contributed by atoms with Crippen LogP contribution in [0.5, 0.6) is 5.75 Å². The van der Waals surface area contributed by atoms with Gasteiger partial charge in [0.25, 0.3) is 5.91 Å². The van der Waals surface area contributed by atoms with Crippen LogP contribution in [-0.4, -0.2) is 75.4 Å². The van der Waals surface area contributed by atoms with Gasteiger partial charge in [-0.15, -0.1) is 0 Å². The van der Waals surface area contributed by atoms with Crippen LogP contribution < -0.4 is 15.0 Å². The third-order valence-electron chi connectivity index (χ3n) is 5.85. The largest absolute Gasteiger partial charge is 0.496 e. The maximum absolute atomic E-state index is 12.8. The van der Waals surface area contributed by atoms with Gasteiger partial charge in [-0.1, -0.05) is 12.1 Å². The first-order chi connectivity index (χ1) is 15.6. The Morgan fingerprint density at radius 1 is 1.31 bits per heavy atom. The number of aromatic nitrogens is 1. The lowest BCUT2D eigenvalue weighted by Crippen LogP contribution is -2.55. The lowest BCUT2D eigenvalue weighted by Gasteiger charge is -2.38. The van der Waals surface area contributed by atoms with Crippen molar-refractivity contribution in [2.24, 2.45) is 0 Å². The minimum absolute atomic E-state index is 0.0527. The molecule has 2 heterocycles. The first-order valence-corrected chi connectivity index (χ1v) is 10.8. The summed E-state index contributed by atoms with van der Waals surface area (Å²) in [6.07, 6.45) is 3.38. The van der Waals surface area contributed by atoms with E-state index in [0.717, 1.165) is 39.0 Å². The number of anilines is 1. The molecule has 2 atom stereocenters. The van der Waals surface area contributed by atoms with E-state index >= 15 is 0 Å². The van der Waals surface area contributed by atoms with Crippen LogP contribution in [0.1, 0.15) is 28.8 Å². The molecule has 8 heteroatoms. The summed E-state index contributed by atoms with van der Waals surface area (Å²) in [5, 5.41) is 12.4. The van der Waals surface area contributed by atoms with Gasteiger partial charge in [-0.05, 0) is 43.7 Å². The van der Waals surface area contributed by atoms with Crippen LogP contribution in [0.2, 0.25) is 0 Å². The normalized spacial score (nSPS) is 18.6. The van der Waals surface area contributed by atoms with E-state index in [1.165, 1.54) is 0 Å². The van der Waals surface area contributed by atoms with E-state index in [-0.39, 0.29) is 18.1 Å². The van der Waals surface area contributed by atoms with Gasteiger partial charge in [0.05, 0.1) is 30.4 Å². The highest BCUT2D eigenvalue weighted by Gasteiger charge is 2.31. The number of hydrogen-bond donors (Lipinski definition) is 1. The molecular weight excluding hydrogens is 406 g/mol. The van der Waals surface area contributed by atoms with Crippen LogP contribution in [0.25, 0.3) is 0 Å². The fourth-order valence-corrected chi connectivity index (χ4v) is 4.09. The first-order valence-electron chi connectivity index (χ1n) is 10.8. The summed E-state index contributed by atoms with van der Waals surface area (Å²) in [5.41, 5.74) is 1.11. The Bertz CT molecular complexity index is 945. The molecule has 32 heavy (non-hydrogen) atoms. The number of amides is 1. The molecule has 1 saturated heterocycles. The molecule has 1 aromatic heterocycles. The standard InChI is InChI=1S/C24H31N5O3/c1-28(23-18(16-25)8-6-12-26-23)13-7-14-29-15-11-20(22(17-29)32-3)27-24(30)19-9-4-5-10-21(19)31-2/h4-6,8-10,12,20,22H,7,11,13-15,17H2,1-3H3,(H,27,30). The van der Waals surface area contributed by atoms with Crippen molar-refractivity contribution in [2.75, 3.05) is 52.3 Å². The van der Waals surface area contributed by atoms with Gasteiger partial charge in [0.1, 0.15) is 17.6 Å². The molecule has 170 valence electrons. The summed E-state index contributed by atoms with van der Waals surface area (Å²) < 4.78 is 11.0. The molecule has 1 aromatic carbocycles. The van der Waals surface area contributed by atoms with Gasteiger partial charge in [0.15, 0.2) is 0 Å². The van der Waals surface area contributed by atoms with E-state index in [0.29, 0.717) is 22.7 Å². The fourth-order valence-electron chi connectivity index (χ4n) is 4.09. The third kappa shape index (κ3) is 5.75. The second kappa shape index (κ2) is 11.5. The quantitative estimate of drug-likeness (QED) is 0.644. The molecule has 0 aliphatic carbocycles. The molecule has 1 N–H and O–H groups in total. The molecule has 2 aromatic rings. The van der Waals surface area contributed by atoms with Crippen molar-refractivity contribution < 1.29 is 14.3 Å². The molecule has 1 amide bonds. The Morgan fingerprint density at radius 2 is 2.12 bits per heavy atom. The Morgan fingerprint density at radius 3 is 2.88 bits per heavy atom. The summed E-state index contributed by atoms with van der Waals surface area (Å²) in [6, 6.07) is 12.9. The SMILES string of the molecule is COc1ccccc1C(=O)NC1CCN(CCCN(C)c2ncccc2C#N)CC1OC. The van der Waals surface area contributed by atoms with Gasteiger partial charge in [-0.2, -0.15) is 5.26 Å². The maximum Gasteiger partial charge on any atom is 0.255 e. The number of methoxy groups -OCH3 is 2. The molecular formula is C24H31N5O3. The van der Waals surface area contributed by atoms with Crippen molar-refractivity contribution in [3.05, 3.63) is 53.7 Å². The Hall–Kier alpha value is -3.15. The molecule has 0 saturated carbocycles. The fraction of sp³-hybridized carbons (Fsp3) is 0.458. The van der Waals surface area contributed by atoms with Crippen molar-refractivity contribution in [1.29, 1.82) is 5.26 Å². The maximum atomic E-state index is 12.8. The smallest absolute Gasteiger partial charge is 0.255 e. The zero-order valence-corrected chi connectivity index (χ0v) is 19.0. The molecule has 0 bridgehead atoms. The highest BCUT2D eigenvalue weighted by molar-refractivity contribution is 5.97. The number of piperidine rings is 1. The van der Waals surface area contributed by atoms with Crippen LogP contribution in [-0.2, 0) is 4.74 Å². The van der Waals surface area contributed by atoms with Crippen molar-refractivity contribution >= 4 is 11.7 Å². The number of nitrogens with zero attached hydrogens (tertiary/aromatic N) is 4. The molecule has 0 spiro atoms. The van der Waals surface area contributed by atoms with Crippen molar-refractivity contribution in [3.8, 4) is 11.8 Å². The summed E-state index contributed by atoms with van der Waals surface area (Å²) in [7, 11) is 5.21. The summed E-state index contributed by atoms with van der Waals surface area (Å²) in [4.78, 5) is 21.5. The summed E-state index contributed by atoms with van der Waals surface area (Å²) >= 11 is 0. The van der Waals surface area contributed by atoms with Crippen LogP contribution in [0.15, 0.2) is 42.6 Å². The molecule has 3 rings (SSSR count). The average molecular weight is 438 g/mol. The molecule has 1 aliphatic heterocycles. The van der Waals surface area contributed by atoms with E-state index in [1.807, 2.05) is 24.1 Å². The van der Waals surface area contributed by atoms with Gasteiger partial charge in [0.2, 0.25) is 0 Å². The number of carbonyl (C=O) groups excluding carboxylic acids is 1. The van der Waals surface area contributed by atoms with E-state index < -0.39 is 0 Å². The lowest BCUT2D eigenvalue weighted by atomic mass is 10.0. The van der Waals surface area contributed by atoms with Crippen molar-refractivity contribution in [2.45, 2.75) is 25.0 Å². The summed E-state index contributed by atoms with van der Waals surface area (Å²) in [6.45, 7) is 3.34. The number of nitrogens with one attached hydrogen (secondary N) is 1. The van der Waals surface area contributed by atoms with Gasteiger partial charge in [-0.25, -0.2) is 4.98 Å². The number of nitriles is 1. The summed E-state index contributed by atoms with van der Waals surface area (Å²) in [5.74, 6) is 1.13. The number of ether oxygens (including phenoxy) is 2. The zero-order chi connectivity index (χ0) is 22.9.